The summed E-state index contributed by atoms with van der Waals surface area (Å²) in [6, 6.07) is 4.88. The fourth-order valence-corrected chi connectivity index (χ4v) is 1.71. The molecule has 3 nitrogen and oxygen atoms in total. The summed E-state index contributed by atoms with van der Waals surface area (Å²) < 4.78 is 0. The summed E-state index contributed by atoms with van der Waals surface area (Å²) in [4.78, 5) is 9.78. The van der Waals surface area contributed by atoms with Gasteiger partial charge in [0.25, 0.3) is 0 Å². The molecule has 1 aromatic heterocycles. The van der Waals surface area contributed by atoms with Gasteiger partial charge in [-0.2, -0.15) is 0 Å². The van der Waals surface area contributed by atoms with E-state index in [4.69, 9.17) is 4.84 Å². The minimum Gasteiger partial charge on any atom is -0.265 e. The molecule has 89 valence electrons. The second kappa shape index (κ2) is 6.61. The molecular formula is C13H22N2O+. The van der Waals surface area contributed by atoms with Crippen molar-refractivity contribution in [1.82, 2.24) is 10.0 Å². The lowest BCUT2D eigenvalue weighted by atomic mass is 10.2. The number of hydrogen-bond donors (Lipinski definition) is 0. The zero-order valence-corrected chi connectivity index (χ0v) is 10.7. The molecular weight excluding hydrogens is 200 g/mol. The highest BCUT2D eigenvalue weighted by atomic mass is 16.7. The quantitative estimate of drug-likeness (QED) is 0.546. The van der Waals surface area contributed by atoms with Crippen LogP contribution in [0.4, 0.5) is 0 Å². The molecule has 3 heteroatoms. The van der Waals surface area contributed by atoms with Gasteiger partial charge < -0.3 is 0 Å². The SMILES string of the molecule is CC(C)[N+](OCCc1ccncc1)C(C)C. The van der Waals surface area contributed by atoms with E-state index >= 15 is 0 Å². The highest BCUT2D eigenvalue weighted by Gasteiger charge is 2.25. The minimum absolute atomic E-state index is 0.414. The van der Waals surface area contributed by atoms with Crippen LogP contribution in [0.25, 0.3) is 0 Å². The summed E-state index contributed by atoms with van der Waals surface area (Å²) in [5.74, 6) is 0. The van der Waals surface area contributed by atoms with Crippen LogP contribution in [0.5, 0.6) is 0 Å². The van der Waals surface area contributed by atoms with Crippen molar-refractivity contribution in [3.05, 3.63) is 30.1 Å². The molecule has 0 aliphatic carbocycles. The third-order valence-corrected chi connectivity index (χ3v) is 2.40. The Balaban J connectivity index is 2.34. The summed E-state index contributed by atoms with van der Waals surface area (Å²) in [7, 11) is 0. The van der Waals surface area contributed by atoms with Gasteiger partial charge in [-0.05, 0) is 50.5 Å². The van der Waals surface area contributed by atoms with E-state index in [0.717, 1.165) is 13.0 Å². The standard InChI is InChI=1S/C13H22N2O/c1-11(2)15(12(3)4)16-10-7-13-5-8-14-9-6-13/h5-6,8-9,11-12H,7,10H2,1-4H3/q+1. The first-order valence-corrected chi connectivity index (χ1v) is 5.91. The molecule has 0 aliphatic rings. The highest BCUT2D eigenvalue weighted by Crippen LogP contribution is 2.04. The summed E-state index contributed by atoms with van der Waals surface area (Å²) >= 11 is 0. The van der Waals surface area contributed by atoms with Crippen molar-refractivity contribution < 1.29 is 4.84 Å². The zero-order valence-electron chi connectivity index (χ0n) is 10.7. The van der Waals surface area contributed by atoms with Gasteiger partial charge >= 0.3 is 0 Å². The number of pyridine rings is 1. The van der Waals surface area contributed by atoms with Crippen LogP contribution in [-0.2, 0) is 11.3 Å². The lowest BCUT2D eigenvalue weighted by Gasteiger charge is -2.16. The molecule has 1 aromatic rings. The molecule has 0 N–H and O–H groups in total. The molecule has 1 rings (SSSR count). The monoisotopic (exact) mass is 222 g/mol. The molecule has 0 aromatic carbocycles. The summed E-state index contributed by atoms with van der Waals surface area (Å²) in [5.41, 5.74) is 1.27. The van der Waals surface area contributed by atoms with Gasteiger partial charge in [0.1, 0.15) is 6.61 Å². The van der Waals surface area contributed by atoms with E-state index in [1.54, 1.807) is 0 Å². The fraction of sp³-hybridized carbons (Fsp3) is 0.615. The maximum atomic E-state index is 5.78. The maximum absolute atomic E-state index is 5.78. The fourth-order valence-electron chi connectivity index (χ4n) is 1.71. The number of hydroxylamine groups is 2. The Bertz CT molecular complexity index is 277. The Morgan fingerprint density at radius 1 is 1.12 bits per heavy atom. The van der Waals surface area contributed by atoms with Crippen LogP contribution in [0.2, 0.25) is 0 Å². The summed E-state index contributed by atoms with van der Waals surface area (Å²) in [5, 5.41) is 2.04. The number of rotatable bonds is 6. The number of hydrogen-bond acceptors (Lipinski definition) is 3. The Labute approximate surface area is 98.4 Å². The zero-order chi connectivity index (χ0) is 12.0. The van der Waals surface area contributed by atoms with Gasteiger partial charge in [-0.1, -0.05) is 0 Å². The topological polar surface area (TPSA) is 28.0 Å². The van der Waals surface area contributed by atoms with E-state index in [1.807, 2.05) is 29.6 Å². The third kappa shape index (κ3) is 4.29. The van der Waals surface area contributed by atoms with E-state index < -0.39 is 0 Å². The van der Waals surface area contributed by atoms with Gasteiger partial charge in [-0.15, -0.1) is 4.84 Å². The summed E-state index contributed by atoms with van der Waals surface area (Å²) in [6.45, 7) is 9.30. The van der Waals surface area contributed by atoms with Crippen LogP contribution in [0.1, 0.15) is 33.3 Å². The maximum Gasteiger partial charge on any atom is 0.164 e. The predicted octanol–water partition coefficient (Wildman–Crippen LogP) is 2.51. The van der Waals surface area contributed by atoms with Crippen LogP contribution >= 0.6 is 0 Å². The normalized spacial score (nSPS) is 11.7. The highest BCUT2D eigenvalue weighted by molar-refractivity contribution is 5.09. The second-order valence-electron chi connectivity index (χ2n) is 4.49. The molecule has 1 radical (unpaired) electrons. The van der Waals surface area contributed by atoms with Crippen molar-refractivity contribution in [2.75, 3.05) is 6.61 Å². The van der Waals surface area contributed by atoms with Crippen molar-refractivity contribution in [3.63, 3.8) is 0 Å². The van der Waals surface area contributed by atoms with Crippen LogP contribution in [0.15, 0.2) is 24.5 Å². The Morgan fingerprint density at radius 2 is 1.69 bits per heavy atom. The van der Waals surface area contributed by atoms with Crippen LogP contribution < -0.4 is 5.06 Å². The molecule has 1 heterocycles. The lowest BCUT2D eigenvalue weighted by Crippen LogP contribution is -2.43. The van der Waals surface area contributed by atoms with Gasteiger partial charge in [0, 0.05) is 18.8 Å². The van der Waals surface area contributed by atoms with Gasteiger partial charge in [-0.3, -0.25) is 4.98 Å². The average Bonchev–Trinajstić information content (AvgIpc) is 2.24. The first-order valence-electron chi connectivity index (χ1n) is 5.91. The molecule has 0 saturated heterocycles. The Hall–Kier alpha value is -0.930. The number of aromatic nitrogens is 1. The van der Waals surface area contributed by atoms with Crippen molar-refractivity contribution in [2.45, 2.75) is 46.2 Å². The molecule has 0 saturated carbocycles. The molecule has 0 bridgehead atoms. The van der Waals surface area contributed by atoms with E-state index in [9.17, 15) is 0 Å². The van der Waals surface area contributed by atoms with E-state index in [2.05, 4.69) is 32.7 Å². The summed E-state index contributed by atoms with van der Waals surface area (Å²) in [6.07, 6.45) is 4.56. The first-order chi connectivity index (χ1) is 7.61. The molecule has 0 amide bonds. The van der Waals surface area contributed by atoms with Gasteiger partial charge in [0.05, 0.1) is 0 Å². The number of nitrogens with zero attached hydrogens (tertiary/aromatic N) is 2. The van der Waals surface area contributed by atoms with E-state index in [0.29, 0.717) is 12.1 Å². The lowest BCUT2D eigenvalue weighted by molar-refractivity contribution is -0.108. The van der Waals surface area contributed by atoms with Gasteiger partial charge in [-0.25, -0.2) is 0 Å². The molecule has 0 aliphatic heterocycles. The van der Waals surface area contributed by atoms with Crippen molar-refractivity contribution in [3.8, 4) is 0 Å². The molecule has 0 spiro atoms. The van der Waals surface area contributed by atoms with Gasteiger partial charge in [0.15, 0.2) is 12.1 Å². The second-order valence-corrected chi connectivity index (χ2v) is 4.49. The van der Waals surface area contributed by atoms with E-state index in [-0.39, 0.29) is 0 Å². The van der Waals surface area contributed by atoms with Crippen molar-refractivity contribution in [1.29, 1.82) is 0 Å². The van der Waals surface area contributed by atoms with Crippen LogP contribution in [0.3, 0.4) is 0 Å². The van der Waals surface area contributed by atoms with Crippen molar-refractivity contribution >= 4 is 0 Å². The van der Waals surface area contributed by atoms with Crippen LogP contribution in [-0.4, -0.2) is 23.7 Å². The molecule has 0 atom stereocenters. The minimum atomic E-state index is 0.414. The van der Waals surface area contributed by atoms with Gasteiger partial charge in [0.2, 0.25) is 0 Å². The Kier molecular flexibility index (Phi) is 5.43. The Morgan fingerprint density at radius 3 is 2.19 bits per heavy atom. The van der Waals surface area contributed by atoms with E-state index in [1.165, 1.54) is 5.56 Å². The predicted molar refractivity (Wildman–Crippen MR) is 66.3 cm³/mol. The first kappa shape index (κ1) is 13.1. The largest absolute Gasteiger partial charge is 0.265 e. The molecule has 0 unspecified atom stereocenters. The molecule has 16 heavy (non-hydrogen) atoms. The van der Waals surface area contributed by atoms with Crippen molar-refractivity contribution in [2.24, 2.45) is 0 Å². The third-order valence-electron chi connectivity index (χ3n) is 2.40. The smallest absolute Gasteiger partial charge is 0.164 e. The van der Waals surface area contributed by atoms with Crippen LogP contribution in [0, 0.1) is 0 Å². The average molecular weight is 222 g/mol. The molecule has 0 fully saturated rings.